The van der Waals surface area contributed by atoms with E-state index in [-0.39, 0.29) is 13.0 Å². The smallest absolute Gasteiger partial charge is 0.407 e. The molecule has 0 aliphatic rings. The van der Waals surface area contributed by atoms with E-state index in [4.69, 9.17) is 9.47 Å². The van der Waals surface area contributed by atoms with Gasteiger partial charge < -0.3 is 14.8 Å². The van der Waals surface area contributed by atoms with Gasteiger partial charge in [0.15, 0.2) is 0 Å². The molecule has 0 saturated carbocycles. The molecule has 0 aromatic rings. The summed E-state index contributed by atoms with van der Waals surface area (Å²) < 4.78 is 10.0. The summed E-state index contributed by atoms with van der Waals surface area (Å²) in [7, 11) is 0. The summed E-state index contributed by atoms with van der Waals surface area (Å²) in [6.07, 6.45) is 0.456. The van der Waals surface area contributed by atoms with Crippen molar-refractivity contribution in [2.24, 2.45) is 5.92 Å². The van der Waals surface area contributed by atoms with Gasteiger partial charge in [0.25, 0.3) is 0 Å². The van der Waals surface area contributed by atoms with Gasteiger partial charge in [-0.15, -0.1) is 0 Å². The first-order chi connectivity index (χ1) is 10.6. The Kier molecular flexibility index (Phi) is 9.21. The summed E-state index contributed by atoms with van der Waals surface area (Å²) >= 11 is 0. The van der Waals surface area contributed by atoms with E-state index in [0.29, 0.717) is 12.8 Å². The number of nitrogens with one attached hydrogen (secondary N) is 1. The Balaban J connectivity index is 5.00. The largest absolute Gasteiger partial charge is 0.466 e. The standard InChI is InChI=1S/C15H28N2O6/c1-6-8-12(16-14(19)23-15(3,4)5)11(10-17(20)21)9-13(18)22-7-2/h11-12H,6-10H2,1-5H3,(H,16,19). The van der Waals surface area contributed by atoms with E-state index >= 15 is 0 Å². The molecule has 8 heteroatoms. The molecule has 134 valence electrons. The second kappa shape index (κ2) is 10.0. The van der Waals surface area contributed by atoms with Crippen LogP contribution in [0.3, 0.4) is 0 Å². The number of esters is 1. The van der Waals surface area contributed by atoms with Gasteiger partial charge in [0.05, 0.1) is 18.9 Å². The fourth-order valence-corrected chi connectivity index (χ4v) is 2.16. The molecular formula is C15H28N2O6. The van der Waals surface area contributed by atoms with E-state index in [2.05, 4.69) is 5.32 Å². The molecule has 0 saturated heterocycles. The number of amides is 1. The number of alkyl carbamates (subject to hydrolysis) is 1. The summed E-state index contributed by atoms with van der Waals surface area (Å²) in [6, 6.07) is -0.523. The Morgan fingerprint density at radius 1 is 1.26 bits per heavy atom. The second-order valence-electron chi connectivity index (χ2n) is 6.33. The Morgan fingerprint density at radius 3 is 2.30 bits per heavy atom. The van der Waals surface area contributed by atoms with Crippen LogP contribution in [0.25, 0.3) is 0 Å². The summed E-state index contributed by atoms with van der Waals surface area (Å²) in [5.41, 5.74) is -0.666. The number of rotatable bonds is 9. The molecule has 8 nitrogen and oxygen atoms in total. The number of ether oxygens (including phenoxy) is 2. The molecule has 23 heavy (non-hydrogen) atoms. The van der Waals surface area contributed by atoms with Gasteiger partial charge >= 0.3 is 12.1 Å². The first-order valence-corrected chi connectivity index (χ1v) is 7.86. The third-order valence-electron chi connectivity index (χ3n) is 2.99. The van der Waals surface area contributed by atoms with Crippen LogP contribution in [-0.2, 0) is 14.3 Å². The summed E-state index contributed by atoms with van der Waals surface area (Å²) in [4.78, 5) is 34.0. The summed E-state index contributed by atoms with van der Waals surface area (Å²) in [5, 5.41) is 13.5. The second-order valence-corrected chi connectivity index (χ2v) is 6.33. The molecule has 0 aliphatic carbocycles. The molecular weight excluding hydrogens is 304 g/mol. The minimum absolute atomic E-state index is 0.116. The Labute approximate surface area is 137 Å². The minimum atomic E-state index is -0.666. The summed E-state index contributed by atoms with van der Waals surface area (Å²) in [5.74, 6) is -1.15. The van der Waals surface area contributed by atoms with Gasteiger partial charge in [-0.3, -0.25) is 14.9 Å². The van der Waals surface area contributed by atoms with E-state index in [9.17, 15) is 19.7 Å². The van der Waals surface area contributed by atoms with E-state index in [1.807, 2.05) is 6.92 Å². The predicted molar refractivity (Wildman–Crippen MR) is 84.7 cm³/mol. The van der Waals surface area contributed by atoms with Crippen molar-refractivity contribution in [3.63, 3.8) is 0 Å². The van der Waals surface area contributed by atoms with Gasteiger partial charge in [-0.2, -0.15) is 0 Å². The topological polar surface area (TPSA) is 108 Å². The quantitative estimate of drug-likeness (QED) is 0.395. The van der Waals surface area contributed by atoms with Gasteiger partial charge in [0.1, 0.15) is 5.60 Å². The maximum absolute atomic E-state index is 11.9. The van der Waals surface area contributed by atoms with Gasteiger partial charge in [-0.05, 0) is 34.1 Å². The third-order valence-corrected chi connectivity index (χ3v) is 2.99. The van der Waals surface area contributed by atoms with E-state index in [1.54, 1.807) is 27.7 Å². The van der Waals surface area contributed by atoms with Gasteiger partial charge in [0, 0.05) is 11.0 Å². The number of carbonyl (C=O) groups is 2. The molecule has 0 fully saturated rings. The zero-order chi connectivity index (χ0) is 18.0. The van der Waals surface area contributed by atoms with Crippen molar-refractivity contribution in [3.8, 4) is 0 Å². The molecule has 0 aliphatic heterocycles. The van der Waals surface area contributed by atoms with Crippen LogP contribution in [0, 0.1) is 16.0 Å². The van der Waals surface area contributed by atoms with Crippen molar-refractivity contribution in [2.45, 2.75) is 65.5 Å². The molecule has 0 aromatic carbocycles. The highest BCUT2D eigenvalue weighted by molar-refractivity contribution is 5.70. The van der Waals surface area contributed by atoms with Crippen LogP contribution in [0.2, 0.25) is 0 Å². The lowest BCUT2D eigenvalue weighted by molar-refractivity contribution is -0.489. The van der Waals surface area contributed by atoms with E-state index in [1.165, 1.54) is 0 Å². The molecule has 2 atom stereocenters. The van der Waals surface area contributed by atoms with Gasteiger partial charge in [-0.1, -0.05) is 13.3 Å². The number of hydrogen-bond acceptors (Lipinski definition) is 6. The predicted octanol–water partition coefficient (Wildman–Crippen LogP) is 2.53. The molecule has 0 aromatic heterocycles. The highest BCUT2D eigenvalue weighted by Crippen LogP contribution is 2.17. The lowest BCUT2D eigenvalue weighted by Gasteiger charge is -2.27. The van der Waals surface area contributed by atoms with Crippen LogP contribution in [0.1, 0.15) is 53.9 Å². The average molecular weight is 332 g/mol. The van der Waals surface area contributed by atoms with Crippen LogP contribution in [0.5, 0.6) is 0 Å². The van der Waals surface area contributed by atoms with Crippen LogP contribution < -0.4 is 5.32 Å². The first kappa shape index (κ1) is 21.1. The van der Waals surface area contributed by atoms with Crippen LogP contribution in [-0.4, -0.2) is 41.8 Å². The summed E-state index contributed by atoms with van der Waals surface area (Å²) in [6.45, 7) is 8.55. The first-order valence-electron chi connectivity index (χ1n) is 7.86. The van der Waals surface area contributed by atoms with Crippen molar-refractivity contribution < 1.29 is 24.0 Å². The van der Waals surface area contributed by atoms with Crippen molar-refractivity contribution in [1.29, 1.82) is 0 Å². The Bertz CT molecular complexity index is 405. The van der Waals surface area contributed by atoms with Gasteiger partial charge in [0.2, 0.25) is 6.54 Å². The van der Waals surface area contributed by atoms with Crippen LogP contribution in [0.15, 0.2) is 0 Å². The molecule has 0 heterocycles. The zero-order valence-corrected chi connectivity index (χ0v) is 14.6. The van der Waals surface area contributed by atoms with Crippen LogP contribution >= 0.6 is 0 Å². The van der Waals surface area contributed by atoms with Crippen LogP contribution in [0.4, 0.5) is 4.79 Å². The van der Waals surface area contributed by atoms with Crippen molar-refractivity contribution in [3.05, 3.63) is 10.1 Å². The fraction of sp³-hybridized carbons (Fsp3) is 0.867. The molecule has 1 amide bonds. The maximum Gasteiger partial charge on any atom is 0.407 e. The highest BCUT2D eigenvalue weighted by Gasteiger charge is 2.31. The SMILES string of the molecule is CCCC(NC(=O)OC(C)(C)C)C(CC(=O)OCC)C[N+](=O)[O-]. The number of hydrogen-bond donors (Lipinski definition) is 1. The molecule has 0 bridgehead atoms. The normalized spacial score (nSPS) is 13.8. The number of nitrogens with zero attached hydrogens (tertiary/aromatic N) is 1. The number of nitro groups is 1. The number of carbonyl (C=O) groups excluding carboxylic acids is 2. The average Bonchev–Trinajstić information content (AvgIpc) is 2.34. The molecule has 2 unspecified atom stereocenters. The Morgan fingerprint density at radius 2 is 1.87 bits per heavy atom. The van der Waals surface area contributed by atoms with Crippen molar-refractivity contribution in [1.82, 2.24) is 5.32 Å². The highest BCUT2D eigenvalue weighted by atomic mass is 16.6. The fourth-order valence-electron chi connectivity index (χ4n) is 2.16. The molecule has 0 rings (SSSR count). The van der Waals surface area contributed by atoms with Gasteiger partial charge in [-0.25, -0.2) is 4.79 Å². The van der Waals surface area contributed by atoms with E-state index in [0.717, 1.165) is 0 Å². The lowest BCUT2D eigenvalue weighted by Crippen LogP contribution is -2.45. The molecule has 0 spiro atoms. The third kappa shape index (κ3) is 10.5. The minimum Gasteiger partial charge on any atom is -0.466 e. The monoisotopic (exact) mass is 332 g/mol. The van der Waals surface area contributed by atoms with E-state index < -0.39 is 41.1 Å². The molecule has 1 N–H and O–H groups in total. The van der Waals surface area contributed by atoms with Crippen molar-refractivity contribution >= 4 is 12.1 Å². The molecule has 0 radical (unpaired) electrons. The zero-order valence-electron chi connectivity index (χ0n) is 14.6. The Hall–Kier alpha value is -1.86. The van der Waals surface area contributed by atoms with Crippen molar-refractivity contribution in [2.75, 3.05) is 13.2 Å². The maximum atomic E-state index is 11.9. The lowest BCUT2D eigenvalue weighted by atomic mass is 9.92.